The first-order chi connectivity index (χ1) is 14.0. The number of thioether (sulfide) groups is 1. The highest BCUT2D eigenvalue weighted by Gasteiger charge is 2.19. The molecule has 1 heterocycles. The molecule has 0 spiro atoms. The molecule has 1 amide bonds. The zero-order chi connectivity index (χ0) is 20.8. The fraction of sp³-hybridized carbons (Fsp3) is 0.318. The minimum atomic E-state index is -0.429. The van der Waals surface area contributed by atoms with Crippen LogP contribution in [0.1, 0.15) is 26.7 Å². The van der Waals surface area contributed by atoms with E-state index in [1.54, 1.807) is 23.8 Å². The molecular weight excluding hydrogens is 386 g/mol. The standard InChI is InChI=1S/C22H25N3O3S/c1-4-5-13-25-21(27)18-11-6-7-12-19(18)24-22(25)29-15(2)20(26)23-16-9-8-10-17(14-16)28-3/h6-12,14-15H,4-5,13H2,1-3H3,(H,23,26). The van der Waals surface area contributed by atoms with Gasteiger partial charge in [-0.15, -0.1) is 0 Å². The van der Waals surface area contributed by atoms with Crippen molar-refractivity contribution in [1.29, 1.82) is 0 Å². The van der Waals surface area contributed by atoms with E-state index < -0.39 is 5.25 Å². The second-order valence-corrected chi connectivity index (χ2v) is 8.01. The van der Waals surface area contributed by atoms with E-state index in [4.69, 9.17) is 4.74 Å². The Labute approximate surface area is 174 Å². The number of fused-ring (bicyclic) bond motifs is 1. The molecular formula is C22H25N3O3S. The van der Waals surface area contributed by atoms with Gasteiger partial charge in [0.05, 0.1) is 23.3 Å². The zero-order valence-corrected chi connectivity index (χ0v) is 17.7. The van der Waals surface area contributed by atoms with E-state index in [1.165, 1.54) is 11.8 Å². The number of nitrogens with zero attached hydrogens (tertiary/aromatic N) is 2. The number of carbonyl (C=O) groups excluding carboxylic acids is 1. The predicted molar refractivity (Wildman–Crippen MR) is 118 cm³/mol. The molecule has 0 radical (unpaired) electrons. The highest BCUT2D eigenvalue weighted by atomic mass is 32.2. The largest absolute Gasteiger partial charge is 0.497 e. The molecule has 0 fully saturated rings. The summed E-state index contributed by atoms with van der Waals surface area (Å²) in [6.45, 7) is 4.47. The van der Waals surface area contributed by atoms with E-state index >= 15 is 0 Å². The Kier molecular flexibility index (Phi) is 6.93. The number of unbranched alkanes of at least 4 members (excludes halogenated alkanes) is 1. The van der Waals surface area contributed by atoms with Crippen molar-refractivity contribution in [2.75, 3.05) is 12.4 Å². The number of methoxy groups -OCH3 is 1. The van der Waals surface area contributed by atoms with Gasteiger partial charge in [0.15, 0.2) is 5.16 Å². The normalized spacial score (nSPS) is 12.0. The first kappa shape index (κ1) is 20.9. The second kappa shape index (κ2) is 9.60. The van der Waals surface area contributed by atoms with E-state index in [1.807, 2.05) is 43.3 Å². The molecule has 0 bridgehead atoms. The molecule has 0 aliphatic carbocycles. The molecule has 29 heavy (non-hydrogen) atoms. The summed E-state index contributed by atoms with van der Waals surface area (Å²) >= 11 is 1.30. The fourth-order valence-electron chi connectivity index (χ4n) is 2.91. The number of rotatable bonds is 8. The number of carbonyl (C=O) groups is 1. The first-order valence-corrected chi connectivity index (χ1v) is 10.5. The van der Waals surface area contributed by atoms with Crippen LogP contribution < -0.4 is 15.6 Å². The average Bonchev–Trinajstić information content (AvgIpc) is 2.73. The summed E-state index contributed by atoms with van der Waals surface area (Å²) in [7, 11) is 1.58. The van der Waals surface area contributed by atoms with Crippen molar-refractivity contribution in [3.63, 3.8) is 0 Å². The summed E-state index contributed by atoms with van der Waals surface area (Å²) in [6.07, 6.45) is 1.84. The molecule has 0 saturated carbocycles. The van der Waals surface area contributed by atoms with Gasteiger partial charge in [-0.05, 0) is 37.6 Å². The maximum absolute atomic E-state index is 13.0. The number of benzene rings is 2. The number of ether oxygens (including phenoxy) is 1. The Hall–Kier alpha value is -2.80. The Morgan fingerprint density at radius 3 is 2.79 bits per heavy atom. The molecule has 2 aromatic carbocycles. The van der Waals surface area contributed by atoms with Crippen LogP contribution in [0.15, 0.2) is 58.5 Å². The molecule has 7 heteroatoms. The van der Waals surface area contributed by atoms with Crippen molar-refractivity contribution in [2.24, 2.45) is 0 Å². The van der Waals surface area contributed by atoms with Gasteiger partial charge in [0.1, 0.15) is 5.75 Å². The van der Waals surface area contributed by atoms with Crippen molar-refractivity contribution in [3.05, 3.63) is 58.9 Å². The highest BCUT2D eigenvalue weighted by Crippen LogP contribution is 2.25. The van der Waals surface area contributed by atoms with E-state index in [2.05, 4.69) is 17.2 Å². The number of nitrogens with one attached hydrogen (secondary N) is 1. The minimum Gasteiger partial charge on any atom is -0.497 e. The number of para-hydroxylation sites is 1. The maximum atomic E-state index is 13.0. The van der Waals surface area contributed by atoms with Crippen LogP contribution in [0, 0.1) is 0 Å². The van der Waals surface area contributed by atoms with Gasteiger partial charge in [0.2, 0.25) is 5.91 Å². The van der Waals surface area contributed by atoms with Crippen LogP contribution in [-0.4, -0.2) is 27.8 Å². The van der Waals surface area contributed by atoms with Gasteiger partial charge in [-0.25, -0.2) is 4.98 Å². The number of aromatic nitrogens is 2. The molecule has 1 atom stereocenters. The molecule has 1 unspecified atom stereocenters. The summed E-state index contributed by atoms with van der Waals surface area (Å²) in [5.41, 5.74) is 1.25. The van der Waals surface area contributed by atoms with Crippen LogP contribution in [-0.2, 0) is 11.3 Å². The van der Waals surface area contributed by atoms with Crippen LogP contribution in [0.2, 0.25) is 0 Å². The molecule has 152 valence electrons. The molecule has 3 aromatic rings. The SMILES string of the molecule is CCCCn1c(SC(C)C(=O)Nc2cccc(OC)c2)nc2ccccc2c1=O. The van der Waals surface area contributed by atoms with Gasteiger partial charge < -0.3 is 10.1 Å². The Bertz CT molecular complexity index is 1060. The summed E-state index contributed by atoms with van der Waals surface area (Å²) in [5, 5.41) is 3.63. The Morgan fingerprint density at radius 2 is 2.03 bits per heavy atom. The fourth-order valence-corrected chi connectivity index (χ4v) is 3.84. The van der Waals surface area contributed by atoms with Crippen molar-refractivity contribution in [2.45, 2.75) is 43.6 Å². The third-order valence-corrected chi connectivity index (χ3v) is 5.64. The lowest BCUT2D eigenvalue weighted by Gasteiger charge is -2.16. The van der Waals surface area contributed by atoms with E-state index in [0.29, 0.717) is 34.0 Å². The minimum absolute atomic E-state index is 0.0630. The molecule has 0 saturated heterocycles. The van der Waals surface area contributed by atoms with Gasteiger partial charge in [-0.3, -0.25) is 14.2 Å². The van der Waals surface area contributed by atoms with Crippen LogP contribution in [0.25, 0.3) is 10.9 Å². The van der Waals surface area contributed by atoms with Gasteiger partial charge >= 0.3 is 0 Å². The topological polar surface area (TPSA) is 73.2 Å². The summed E-state index contributed by atoms with van der Waals surface area (Å²) in [6, 6.07) is 14.5. The van der Waals surface area contributed by atoms with E-state index in [9.17, 15) is 9.59 Å². The van der Waals surface area contributed by atoms with E-state index in [-0.39, 0.29) is 11.5 Å². The zero-order valence-electron chi connectivity index (χ0n) is 16.8. The second-order valence-electron chi connectivity index (χ2n) is 6.70. The molecule has 0 aliphatic heterocycles. The summed E-state index contributed by atoms with van der Waals surface area (Å²) in [5.74, 6) is 0.514. The lowest BCUT2D eigenvalue weighted by atomic mass is 10.2. The molecule has 0 aliphatic rings. The number of amides is 1. The van der Waals surface area contributed by atoms with Crippen LogP contribution in [0.4, 0.5) is 5.69 Å². The van der Waals surface area contributed by atoms with Crippen molar-refractivity contribution >= 4 is 34.3 Å². The number of hydrogen-bond acceptors (Lipinski definition) is 5. The van der Waals surface area contributed by atoms with Gasteiger partial charge in [0, 0.05) is 18.3 Å². The quantitative estimate of drug-likeness (QED) is 0.441. The van der Waals surface area contributed by atoms with Crippen molar-refractivity contribution in [3.8, 4) is 5.75 Å². The Morgan fingerprint density at radius 1 is 1.24 bits per heavy atom. The molecule has 6 nitrogen and oxygen atoms in total. The van der Waals surface area contributed by atoms with Gasteiger partial charge in [-0.1, -0.05) is 43.3 Å². The lowest BCUT2D eigenvalue weighted by Crippen LogP contribution is -2.27. The monoisotopic (exact) mass is 411 g/mol. The first-order valence-electron chi connectivity index (χ1n) is 9.64. The average molecular weight is 412 g/mol. The van der Waals surface area contributed by atoms with Gasteiger partial charge in [-0.2, -0.15) is 0 Å². The third-order valence-electron chi connectivity index (χ3n) is 4.55. The molecule has 1 aromatic heterocycles. The predicted octanol–water partition coefficient (Wildman–Crippen LogP) is 4.32. The van der Waals surface area contributed by atoms with Gasteiger partial charge in [0.25, 0.3) is 5.56 Å². The van der Waals surface area contributed by atoms with E-state index in [0.717, 1.165) is 12.8 Å². The Balaban J connectivity index is 1.85. The summed E-state index contributed by atoms with van der Waals surface area (Å²) < 4.78 is 6.88. The van der Waals surface area contributed by atoms with Crippen molar-refractivity contribution in [1.82, 2.24) is 9.55 Å². The smallest absolute Gasteiger partial charge is 0.262 e. The molecule has 1 N–H and O–H groups in total. The third kappa shape index (κ3) is 4.98. The maximum Gasteiger partial charge on any atom is 0.262 e. The van der Waals surface area contributed by atoms with Crippen LogP contribution in [0.3, 0.4) is 0 Å². The van der Waals surface area contributed by atoms with Crippen LogP contribution in [0.5, 0.6) is 5.75 Å². The highest BCUT2D eigenvalue weighted by molar-refractivity contribution is 8.00. The van der Waals surface area contributed by atoms with Crippen LogP contribution >= 0.6 is 11.8 Å². The molecule has 3 rings (SSSR count). The number of anilines is 1. The summed E-state index contributed by atoms with van der Waals surface area (Å²) in [4.78, 5) is 30.3. The lowest BCUT2D eigenvalue weighted by molar-refractivity contribution is -0.115. The van der Waals surface area contributed by atoms with Crippen molar-refractivity contribution < 1.29 is 9.53 Å². The number of hydrogen-bond donors (Lipinski definition) is 1.